The van der Waals surface area contributed by atoms with Crippen molar-refractivity contribution >= 4 is 0 Å². The van der Waals surface area contributed by atoms with E-state index in [2.05, 4.69) is 113 Å². The first-order valence-electron chi connectivity index (χ1n) is 25.9. The molecule has 0 N–H and O–H groups in total. The van der Waals surface area contributed by atoms with E-state index in [1.165, 1.54) is 128 Å². The van der Waals surface area contributed by atoms with Crippen molar-refractivity contribution in [3.8, 4) is 0 Å². The fourth-order valence-electron chi connectivity index (χ4n) is 6.66. The van der Waals surface area contributed by atoms with E-state index in [1.807, 2.05) is 0 Å². The third-order valence-corrected chi connectivity index (χ3v) is 10.7. The normalized spacial score (nSPS) is 12.6. The van der Waals surface area contributed by atoms with Gasteiger partial charge in [0.1, 0.15) is 30.5 Å². The van der Waals surface area contributed by atoms with E-state index in [0.717, 1.165) is 83.5 Å². The number of unbranched alkanes of at least 4 members (excludes halogenated alkanes) is 23. The van der Waals surface area contributed by atoms with Gasteiger partial charge in [-0.1, -0.05) is 203 Å². The van der Waals surface area contributed by atoms with Crippen LogP contribution in [0, 0.1) is 0 Å². The molecule has 0 aromatic rings. The molecule has 0 aliphatic heterocycles. The molecule has 0 aliphatic carbocycles. The largest absolute Gasteiger partial charge is 0.343 e. The molecule has 0 rings (SSSR count). The zero-order chi connectivity index (χ0) is 45.8. The minimum absolute atomic E-state index is 0.0764. The molecule has 0 radical (unpaired) electrons. The van der Waals surface area contributed by atoms with Crippen LogP contribution in [0.2, 0.25) is 0 Å². The Kier molecular flexibility index (Phi) is 49.1. The minimum Gasteiger partial charge on any atom is -0.343 e. The third-order valence-electron chi connectivity index (χ3n) is 10.7. The Morgan fingerprint density at radius 3 is 1.03 bits per heavy atom. The molecule has 0 unspecified atom stereocenters. The molecule has 0 aromatic heterocycles. The van der Waals surface area contributed by atoms with E-state index in [-0.39, 0.29) is 13.2 Å². The molecule has 0 saturated heterocycles. The maximum Gasteiger partial charge on any atom is 0.159 e. The lowest BCUT2D eigenvalue weighted by Gasteiger charge is -2.18. The Morgan fingerprint density at radius 1 is 0.349 bits per heavy atom. The SMILES string of the molecule is C=C(CCCCCCC=CC=CCCCCCC)OOCC(COOC(=C)CCCCCCC=CC=CCCCCCC)OOC(=C)CCCCCCC=CCC=CCCCCC. The molecule has 0 amide bonds. The van der Waals surface area contributed by atoms with E-state index in [4.69, 9.17) is 29.3 Å². The van der Waals surface area contributed by atoms with Crippen LogP contribution in [0.5, 0.6) is 0 Å². The monoisotopic (exact) mass is 879 g/mol. The molecule has 0 saturated carbocycles. The van der Waals surface area contributed by atoms with Gasteiger partial charge >= 0.3 is 0 Å². The third kappa shape index (κ3) is 49.8. The minimum atomic E-state index is -0.603. The maximum atomic E-state index is 5.71. The lowest BCUT2D eigenvalue weighted by molar-refractivity contribution is -0.369. The summed E-state index contributed by atoms with van der Waals surface area (Å²) < 4.78 is 0. The molecule has 63 heavy (non-hydrogen) atoms. The molecular formula is C57H98O6. The molecule has 0 heterocycles. The number of allylic oxidation sites excluding steroid dienone is 15. The van der Waals surface area contributed by atoms with E-state index in [0.29, 0.717) is 17.3 Å². The smallest absolute Gasteiger partial charge is 0.159 e. The van der Waals surface area contributed by atoms with E-state index < -0.39 is 6.10 Å². The maximum absolute atomic E-state index is 5.71. The van der Waals surface area contributed by atoms with Crippen LogP contribution >= 0.6 is 0 Å². The van der Waals surface area contributed by atoms with Gasteiger partial charge in [-0.3, -0.25) is 0 Å². The number of hydrogen-bond donors (Lipinski definition) is 0. The second kappa shape index (κ2) is 51.6. The van der Waals surface area contributed by atoms with Gasteiger partial charge in [0.25, 0.3) is 0 Å². The van der Waals surface area contributed by atoms with Crippen molar-refractivity contribution in [1.29, 1.82) is 0 Å². The van der Waals surface area contributed by atoms with E-state index in [1.54, 1.807) is 0 Å². The Bertz CT molecular complexity index is 1130. The van der Waals surface area contributed by atoms with Crippen molar-refractivity contribution in [1.82, 2.24) is 0 Å². The molecule has 0 fully saturated rings. The lowest BCUT2D eigenvalue weighted by atomic mass is 10.1. The van der Waals surface area contributed by atoms with E-state index >= 15 is 0 Å². The molecule has 362 valence electrons. The van der Waals surface area contributed by atoms with Crippen molar-refractivity contribution in [2.24, 2.45) is 0 Å². The first-order chi connectivity index (χ1) is 31.0. The topological polar surface area (TPSA) is 55.4 Å². The second-order valence-electron chi connectivity index (χ2n) is 17.1. The van der Waals surface area contributed by atoms with Gasteiger partial charge in [0, 0.05) is 19.3 Å². The second-order valence-corrected chi connectivity index (χ2v) is 17.1. The Balaban J connectivity index is 4.45. The standard InChI is InChI=1S/C57H98O6/c1-7-10-13-16-19-22-25-28-31-34-37-40-43-46-49-54(4)60-58-52-57(63-62-56(6)51-48-45-42-39-36-33-30-27-24-21-18-15-12-9-3)53-59-61-55(5)50-47-44-41-38-35-32-29-26-23-20-17-14-11-8-2/h21-26,28-33,57H,4-20,27,34-53H2,1-3H3. The van der Waals surface area contributed by atoms with Gasteiger partial charge in [0.2, 0.25) is 0 Å². The van der Waals surface area contributed by atoms with Crippen LogP contribution in [0.15, 0.2) is 110 Å². The van der Waals surface area contributed by atoms with Crippen LogP contribution in [-0.2, 0) is 29.3 Å². The van der Waals surface area contributed by atoms with Crippen molar-refractivity contribution < 1.29 is 29.3 Å². The zero-order valence-electron chi connectivity index (χ0n) is 41.3. The van der Waals surface area contributed by atoms with Gasteiger partial charge in [-0.25, -0.2) is 0 Å². The van der Waals surface area contributed by atoms with E-state index in [9.17, 15) is 0 Å². The molecular weight excluding hydrogens is 781 g/mol. The molecule has 6 nitrogen and oxygen atoms in total. The number of rotatable bonds is 50. The molecule has 0 aromatic carbocycles. The molecule has 0 atom stereocenters. The lowest BCUT2D eigenvalue weighted by Crippen LogP contribution is -2.26. The average molecular weight is 879 g/mol. The molecule has 0 aliphatic rings. The first-order valence-corrected chi connectivity index (χ1v) is 25.9. The molecule has 6 heteroatoms. The zero-order valence-corrected chi connectivity index (χ0v) is 41.3. The summed E-state index contributed by atoms with van der Waals surface area (Å²) in [5, 5.41) is 0. The van der Waals surface area contributed by atoms with Crippen LogP contribution < -0.4 is 0 Å². The molecule has 0 bridgehead atoms. The highest BCUT2D eigenvalue weighted by atomic mass is 17.2. The highest BCUT2D eigenvalue weighted by molar-refractivity contribution is 5.03. The summed E-state index contributed by atoms with van der Waals surface area (Å²) in [4.78, 5) is 33.4. The summed E-state index contributed by atoms with van der Waals surface area (Å²) in [6, 6.07) is 0. The van der Waals surface area contributed by atoms with Gasteiger partial charge in [-0.15, -0.1) is 0 Å². The van der Waals surface area contributed by atoms with Gasteiger partial charge in [0.05, 0.1) is 0 Å². The van der Waals surface area contributed by atoms with Gasteiger partial charge in [-0.05, 0) is 103 Å². The predicted octanol–water partition coefficient (Wildman–Crippen LogP) is 19.0. The summed E-state index contributed by atoms with van der Waals surface area (Å²) in [7, 11) is 0. The quantitative estimate of drug-likeness (QED) is 0.0152. The van der Waals surface area contributed by atoms with Crippen molar-refractivity contribution in [2.75, 3.05) is 13.2 Å². The predicted molar refractivity (Wildman–Crippen MR) is 272 cm³/mol. The fourth-order valence-corrected chi connectivity index (χ4v) is 6.66. The van der Waals surface area contributed by atoms with Crippen LogP contribution in [-0.4, -0.2) is 19.3 Å². The van der Waals surface area contributed by atoms with Crippen molar-refractivity contribution in [3.63, 3.8) is 0 Å². The summed E-state index contributed by atoms with van der Waals surface area (Å²) in [6.45, 7) is 19.1. The van der Waals surface area contributed by atoms with Gasteiger partial charge in [-0.2, -0.15) is 14.7 Å². The van der Waals surface area contributed by atoms with Crippen molar-refractivity contribution in [3.05, 3.63) is 110 Å². The Labute approximate surface area is 389 Å². The summed E-state index contributed by atoms with van der Waals surface area (Å²) in [5.41, 5.74) is 0. The summed E-state index contributed by atoms with van der Waals surface area (Å²) in [5.74, 6) is 1.77. The van der Waals surface area contributed by atoms with Crippen LogP contribution in [0.25, 0.3) is 0 Å². The van der Waals surface area contributed by atoms with Gasteiger partial charge in [0.15, 0.2) is 6.10 Å². The molecule has 0 spiro atoms. The van der Waals surface area contributed by atoms with Crippen molar-refractivity contribution in [2.45, 2.75) is 239 Å². The summed E-state index contributed by atoms with van der Waals surface area (Å²) in [6.07, 6.45) is 64.6. The Hall–Kier alpha value is -3.06. The summed E-state index contributed by atoms with van der Waals surface area (Å²) >= 11 is 0. The number of hydrogen-bond acceptors (Lipinski definition) is 6. The highest BCUT2D eigenvalue weighted by Gasteiger charge is 2.16. The van der Waals surface area contributed by atoms with Crippen LogP contribution in [0.4, 0.5) is 0 Å². The highest BCUT2D eigenvalue weighted by Crippen LogP contribution is 2.16. The average Bonchev–Trinajstić information content (AvgIpc) is 3.28. The van der Waals surface area contributed by atoms with Crippen LogP contribution in [0.1, 0.15) is 233 Å². The Morgan fingerprint density at radius 2 is 0.651 bits per heavy atom. The fraction of sp³-hybridized carbons (Fsp3) is 0.684. The first kappa shape index (κ1) is 59.9. The van der Waals surface area contributed by atoms with Crippen LogP contribution in [0.3, 0.4) is 0 Å². The van der Waals surface area contributed by atoms with Gasteiger partial charge < -0.3 is 14.7 Å².